The van der Waals surface area contributed by atoms with E-state index in [1.54, 1.807) is 35.2 Å². The molecule has 0 N–H and O–H groups in total. The third-order valence-electron chi connectivity index (χ3n) is 5.71. The van der Waals surface area contributed by atoms with Gasteiger partial charge in [-0.2, -0.15) is 4.31 Å². The lowest BCUT2D eigenvalue weighted by atomic mass is 10.2. The van der Waals surface area contributed by atoms with Gasteiger partial charge in [-0.3, -0.25) is 4.79 Å². The van der Waals surface area contributed by atoms with Crippen molar-refractivity contribution in [2.24, 2.45) is 0 Å². The molecule has 4 rings (SSSR count). The predicted molar refractivity (Wildman–Crippen MR) is 129 cm³/mol. The number of aromatic nitrogens is 2. The fraction of sp³-hybridized carbons (Fsp3) is 0.375. The van der Waals surface area contributed by atoms with Crippen molar-refractivity contribution >= 4 is 27.5 Å². The number of carbonyl (C=O) groups is 1. The second-order valence-corrected chi connectivity index (χ2v) is 10.5. The largest absolute Gasteiger partial charge is 0.419 e. The number of sulfonamides is 1. The summed E-state index contributed by atoms with van der Waals surface area (Å²) in [5, 5.41) is 8.64. The maximum atomic E-state index is 13.3. The molecule has 1 aliphatic rings. The summed E-state index contributed by atoms with van der Waals surface area (Å²) in [4.78, 5) is 15.0. The molecule has 0 spiro atoms. The van der Waals surface area contributed by atoms with Crippen LogP contribution in [0.5, 0.6) is 0 Å². The van der Waals surface area contributed by atoms with Gasteiger partial charge in [0.1, 0.15) is 0 Å². The summed E-state index contributed by atoms with van der Waals surface area (Å²) in [5.41, 5.74) is 0.921. The van der Waals surface area contributed by atoms with E-state index in [9.17, 15) is 13.2 Å². The van der Waals surface area contributed by atoms with E-state index < -0.39 is 10.0 Å². The number of hydrogen-bond donors (Lipinski definition) is 0. The average molecular weight is 503 g/mol. The van der Waals surface area contributed by atoms with Crippen LogP contribution in [0.4, 0.5) is 0 Å². The Labute approximate surface area is 204 Å². The molecule has 8 nitrogen and oxygen atoms in total. The van der Waals surface area contributed by atoms with Crippen molar-refractivity contribution < 1.29 is 17.6 Å². The molecular formula is C24H27ClN4O4S. The Kier molecular flexibility index (Phi) is 7.65. The first-order valence-electron chi connectivity index (χ1n) is 11.4. The van der Waals surface area contributed by atoms with Crippen LogP contribution in [0.25, 0.3) is 11.5 Å². The highest BCUT2D eigenvalue weighted by Crippen LogP contribution is 2.27. The molecule has 180 valence electrons. The quantitative estimate of drug-likeness (QED) is 0.446. The first-order chi connectivity index (χ1) is 16.4. The minimum atomic E-state index is -3.64. The Bertz CT molecular complexity index is 1260. The van der Waals surface area contributed by atoms with Gasteiger partial charge in [-0.1, -0.05) is 43.1 Å². The first-order valence-corrected chi connectivity index (χ1v) is 13.2. The fourth-order valence-electron chi connectivity index (χ4n) is 3.97. The summed E-state index contributed by atoms with van der Waals surface area (Å²) < 4.78 is 33.4. The Morgan fingerprint density at radius 1 is 1.09 bits per heavy atom. The maximum Gasteiger partial charge on any atom is 0.254 e. The van der Waals surface area contributed by atoms with Crippen LogP contribution < -0.4 is 0 Å². The van der Waals surface area contributed by atoms with Gasteiger partial charge in [0.2, 0.25) is 21.8 Å². The zero-order valence-electron chi connectivity index (χ0n) is 19.0. The fourth-order valence-corrected chi connectivity index (χ4v) is 5.75. The van der Waals surface area contributed by atoms with E-state index in [-0.39, 0.29) is 29.1 Å². The van der Waals surface area contributed by atoms with Gasteiger partial charge in [0.15, 0.2) is 0 Å². The number of piperidine rings is 1. The second kappa shape index (κ2) is 10.7. The Balaban J connectivity index is 1.55. The van der Waals surface area contributed by atoms with Gasteiger partial charge in [0.25, 0.3) is 5.91 Å². The highest BCUT2D eigenvalue weighted by Gasteiger charge is 2.27. The molecule has 3 aromatic rings. The summed E-state index contributed by atoms with van der Waals surface area (Å²) in [6, 6.07) is 13.4. The van der Waals surface area contributed by atoms with Gasteiger partial charge in [0.05, 0.1) is 22.0 Å². The number of carbonyl (C=O) groups excluding carboxylic acids is 1. The average Bonchev–Trinajstić information content (AvgIpc) is 3.32. The number of halogens is 1. The smallest absolute Gasteiger partial charge is 0.254 e. The molecule has 34 heavy (non-hydrogen) atoms. The molecule has 2 heterocycles. The molecule has 1 aliphatic heterocycles. The number of hydrogen-bond acceptors (Lipinski definition) is 6. The third-order valence-corrected chi connectivity index (χ3v) is 7.94. The minimum absolute atomic E-state index is 0.104. The molecule has 2 aromatic carbocycles. The van der Waals surface area contributed by atoms with Crippen molar-refractivity contribution in [3.63, 3.8) is 0 Å². The molecule has 0 atom stereocenters. The molecule has 1 saturated heterocycles. The summed E-state index contributed by atoms with van der Waals surface area (Å²) in [5.74, 6) is 0.253. The van der Waals surface area contributed by atoms with Crippen molar-refractivity contribution in [3.8, 4) is 11.5 Å². The molecule has 1 fully saturated rings. The minimum Gasteiger partial charge on any atom is -0.419 e. The molecule has 0 aliphatic carbocycles. The van der Waals surface area contributed by atoms with Crippen LogP contribution in [-0.4, -0.2) is 53.4 Å². The molecule has 1 amide bonds. The van der Waals surface area contributed by atoms with Crippen molar-refractivity contribution in [2.75, 3.05) is 19.6 Å². The van der Waals surface area contributed by atoms with Crippen LogP contribution in [0.15, 0.2) is 57.8 Å². The molecule has 10 heteroatoms. The predicted octanol–water partition coefficient (Wildman–Crippen LogP) is 4.62. The van der Waals surface area contributed by atoms with Crippen LogP contribution in [0.1, 0.15) is 48.9 Å². The molecule has 0 bridgehead atoms. The van der Waals surface area contributed by atoms with E-state index in [0.29, 0.717) is 42.2 Å². The van der Waals surface area contributed by atoms with E-state index in [0.717, 1.165) is 19.3 Å². The van der Waals surface area contributed by atoms with Crippen molar-refractivity contribution in [1.29, 1.82) is 0 Å². The number of amides is 1. The molecule has 1 aromatic heterocycles. The van der Waals surface area contributed by atoms with Crippen LogP contribution in [0, 0.1) is 0 Å². The van der Waals surface area contributed by atoms with Gasteiger partial charge in [0, 0.05) is 25.2 Å². The van der Waals surface area contributed by atoms with Gasteiger partial charge < -0.3 is 9.32 Å². The maximum absolute atomic E-state index is 13.3. The SMILES string of the molecule is CCCN(Cc1nnc(-c2ccccc2Cl)o1)C(=O)c1cccc(S(=O)(=O)N2CCCCC2)c1. The lowest BCUT2D eigenvalue weighted by Crippen LogP contribution is -2.36. The van der Waals surface area contributed by atoms with E-state index in [1.165, 1.54) is 10.4 Å². The first kappa shape index (κ1) is 24.4. The Hall–Kier alpha value is -2.75. The molecular weight excluding hydrogens is 476 g/mol. The van der Waals surface area contributed by atoms with Crippen molar-refractivity contribution in [3.05, 3.63) is 65.0 Å². The highest BCUT2D eigenvalue weighted by atomic mass is 35.5. The third kappa shape index (κ3) is 5.32. The van der Waals surface area contributed by atoms with Crippen LogP contribution in [0.3, 0.4) is 0 Å². The number of benzene rings is 2. The van der Waals surface area contributed by atoms with Crippen LogP contribution in [0.2, 0.25) is 5.02 Å². The van der Waals surface area contributed by atoms with Crippen LogP contribution in [-0.2, 0) is 16.6 Å². The normalized spacial score (nSPS) is 14.8. The van der Waals surface area contributed by atoms with Gasteiger partial charge in [-0.25, -0.2) is 8.42 Å². The van der Waals surface area contributed by atoms with Crippen LogP contribution >= 0.6 is 11.6 Å². The second-order valence-electron chi connectivity index (χ2n) is 8.20. The summed E-state index contributed by atoms with van der Waals surface area (Å²) in [6.07, 6.45) is 3.44. The van der Waals surface area contributed by atoms with Gasteiger partial charge >= 0.3 is 0 Å². The van der Waals surface area contributed by atoms with E-state index in [2.05, 4.69) is 10.2 Å². The topological polar surface area (TPSA) is 96.6 Å². The molecule has 0 radical (unpaired) electrons. The Morgan fingerprint density at radius 3 is 2.59 bits per heavy atom. The Morgan fingerprint density at radius 2 is 1.85 bits per heavy atom. The molecule has 0 saturated carbocycles. The van der Waals surface area contributed by atoms with E-state index >= 15 is 0 Å². The number of nitrogens with zero attached hydrogens (tertiary/aromatic N) is 4. The zero-order valence-corrected chi connectivity index (χ0v) is 20.6. The summed E-state index contributed by atoms with van der Waals surface area (Å²) in [7, 11) is -3.64. The monoisotopic (exact) mass is 502 g/mol. The van der Waals surface area contributed by atoms with Gasteiger partial charge in [-0.15, -0.1) is 10.2 Å². The van der Waals surface area contributed by atoms with E-state index in [4.69, 9.17) is 16.0 Å². The molecule has 0 unspecified atom stereocenters. The summed E-state index contributed by atoms with van der Waals surface area (Å²) >= 11 is 6.22. The lowest BCUT2D eigenvalue weighted by Gasteiger charge is -2.26. The standard InChI is InChI=1S/C24H27ClN4O4S/c1-2-13-28(17-22-26-27-23(33-22)20-11-4-5-12-21(20)25)24(30)18-9-8-10-19(16-18)34(31,32)29-14-6-3-7-15-29/h4-5,8-12,16H,2-3,6-7,13-15,17H2,1H3. The van der Waals surface area contributed by atoms with Crippen molar-refractivity contribution in [2.45, 2.75) is 44.0 Å². The highest BCUT2D eigenvalue weighted by molar-refractivity contribution is 7.89. The summed E-state index contributed by atoms with van der Waals surface area (Å²) in [6.45, 7) is 3.53. The number of rotatable bonds is 8. The van der Waals surface area contributed by atoms with Crippen molar-refractivity contribution in [1.82, 2.24) is 19.4 Å². The lowest BCUT2D eigenvalue weighted by molar-refractivity contribution is 0.0728. The zero-order chi connectivity index (χ0) is 24.1. The van der Waals surface area contributed by atoms with E-state index in [1.807, 2.05) is 19.1 Å². The van der Waals surface area contributed by atoms with Gasteiger partial charge in [-0.05, 0) is 49.6 Å².